The van der Waals surface area contributed by atoms with Crippen LogP contribution in [-0.4, -0.2) is 22.8 Å². The summed E-state index contributed by atoms with van der Waals surface area (Å²) in [6, 6.07) is 4.69. The number of anilines is 1. The summed E-state index contributed by atoms with van der Waals surface area (Å²) in [6.07, 6.45) is 3.80. The smallest absolute Gasteiger partial charge is 0.387 e. The van der Waals surface area contributed by atoms with Crippen LogP contribution in [0.1, 0.15) is 18.9 Å². The van der Waals surface area contributed by atoms with E-state index in [9.17, 15) is 13.6 Å². The Balaban J connectivity index is 2.18. The second-order valence-electron chi connectivity index (χ2n) is 5.04. The molecular weight excluding hydrogens is 320 g/mol. The fraction of sp³-hybridized carbons (Fsp3) is 0.375. The Morgan fingerprint density at radius 3 is 2.88 bits per heavy atom. The van der Waals surface area contributed by atoms with Crippen molar-refractivity contribution in [1.29, 1.82) is 0 Å². The number of rotatable bonds is 8. The average Bonchev–Trinajstić information content (AvgIpc) is 2.55. The Morgan fingerprint density at radius 1 is 1.38 bits per heavy atom. The monoisotopic (exact) mass is 339 g/mol. The number of alkyl halides is 2. The van der Waals surface area contributed by atoms with Gasteiger partial charge in [-0.15, -0.1) is 0 Å². The quantitative estimate of drug-likeness (QED) is 0.801. The maximum Gasteiger partial charge on any atom is 0.387 e. The van der Waals surface area contributed by atoms with Gasteiger partial charge in [0.05, 0.1) is 6.61 Å². The highest BCUT2D eigenvalue weighted by molar-refractivity contribution is 5.43. The van der Waals surface area contributed by atoms with E-state index in [0.717, 1.165) is 6.42 Å². The van der Waals surface area contributed by atoms with Gasteiger partial charge in [-0.05, 0) is 18.6 Å². The molecule has 0 bridgehead atoms. The number of benzene rings is 1. The van der Waals surface area contributed by atoms with Crippen molar-refractivity contribution >= 4 is 5.82 Å². The molecule has 8 heteroatoms. The highest BCUT2D eigenvalue weighted by Crippen LogP contribution is 2.27. The standard InChI is InChI=1S/C16H19F2N3O3/c1-3-8-23-12-5-4-11(13(9-12)24-16(17)18)10-20-14-15(22)21(2)7-6-19-14/h4-7,9,16H,3,8,10H2,1-2H3,(H,19,20). The molecule has 2 aromatic rings. The predicted molar refractivity (Wildman–Crippen MR) is 85.7 cm³/mol. The first-order valence-electron chi connectivity index (χ1n) is 7.47. The number of nitrogens with zero attached hydrogens (tertiary/aromatic N) is 2. The van der Waals surface area contributed by atoms with Gasteiger partial charge in [0.1, 0.15) is 11.5 Å². The van der Waals surface area contributed by atoms with Crippen molar-refractivity contribution in [2.75, 3.05) is 11.9 Å². The van der Waals surface area contributed by atoms with Crippen LogP contribution in [0.3, 0.4) is 0 Å². The van der Waals surface area contributed by atoms with Crippen molar-refractivity contribution in [3.05, 3.63) is 46.5 Å². The maximum absolute atomic E-state index is 12.6. The number of aryl methyl sites for hydroxylation is 1. The molecule has 1 aromatic heterocycles. The second kappa shape index (κ2) is 8.28. The number of hydrogen-bond acceptors (Lipinski definition) is 5. The molecule has 1 aromatic carbocycles. The Bertz CT molecular complexity index is 735. The van der Waals surface area contributed by atoms with Crippen LogP contribution >= 0.6 is 0 Å². The third-order valence-electron chi connectivity index (χ3n) is 3.19. The fourth-order valence-corrected chi connectivity index (χ4v) is 1.99. The largest absolute Gasteiger partial charge is 0.493 e. The number of nitrogens with one attached hydrogen (secondary N) is 1. The van der Waals surface area contributed by atoms with Crippen molar-refractivity contribution in [2.45, 2.75) is 26.5 Å². The van der Waals surface area contributed by atoms with E-state index in [4.69, 9.17) is 4.74 Å². The van der Waals surface area contributed by atoms with Crippen molar-refractivity contribution < 1.29 is 18.3 Å². The molecule has 0 saturated carbocycles. The lowest BCUT2D eigenvalue weighted by Gasteiger charge is -2.14. The van der Waals surface area contributed by atoms with Gasteiger partial charge in [0.25, 0.3) is 5.56 Å². The summed E-state index contributed by atoms with van der Waals surface area (Å²) in [5, 5.41) is 2.84. The maximum atomic E-state index is 12.6. The molecule has 0 atom stereocenters. The molecule has 0 fully saturated rings. The molecule has 24 heavy (non-hydrogen) atoms. The van der Waals surface area contributed by atoms with E-state index in [1.165, 1.54) is 23.0 Å². The summed E-state index contributed by atoms with van der Waals surface area (Å²) < 4.78 is 36.6. The lowest BCUT2D eigenvalue weighted by molar-refractivity contribution is -0.0505. The first kappa shape index (κ1) is 17.7. The molecular formula is C16H19F2N3O3. The van der Waals surface area contributed by atoms with E-state index < -0.39 is 6.61 Å². The van der Waals surface area contributed by atoms with E-state index >= 15 is 0 Å². The van der Waals surface area contributed by atoms with Gasteiger partial charge in [-0.3, -0.25) is 4.79 Å². The summed E-state index contributed by atoms with van der Waals surface area (Å²) in [4.78, 5) is 15.8. The molecule has 0 aliphatic carbocycles. The van der Waals surface area contributed by atoms with Crippen molar-refractivity contribution in [3.8, 4) is 11.5 Å². The van der Waals surface area contributed by atoms with Crippen LogP contribution in [0.4, 0.5) is 14.6 Å². The highest BCUT2D eigenvalue weighted by atomic mass is 19.3. The van der Waals surface area contributed by atoms with Crippen LogP contribution in [0.5, 0.6) is 11.5 Å². The minimum Gasteiger partial charge on any atom is -0.493 e. The van der Waals surface area contributed by atoms with Gasteiger partial charge in [0.15, 0.2) is 5.82 Å². The van der Waals surface area contributed by atoms with Crippen molar-refractivity contribution in [1.82, 2.24) is 9.55 Å². The van der Waals surface area contributed by atoms with E-state index in [1.807, 2.05) is 6.92 Å². The average molecular weight is 339 g/mol. The van der Waals surface area contributed by atoms with Gasteiger partial charge in [0.2, 0.25) is 0 Å². The van der Waals surface area contributed by atoms with E-state index in [2.05, 4.69) is 15.0 Å². The third kappa shape index (κ3) is 4.68. The molecule has 0 saturated heterocycles. The molecule has 0 radical (unpaired) electrons. The minimum absolute atomic E-state index is 0.00106. The molecule has 130 valence electrons. The number of halogens is 2. The molecule has 2 rings (SSSR count). The Morgan fingerprint density at radius 2 is 2.17 bits per heavy atom. The van der Waals surface area contributed by atoms with Gasteiger partial charge < -0.3 is 19.4 Å². The molecule has 1 N–H and O–H groups in total. The van der Waals surface area contributed by atoms with Crippen molar-refractivity contribution in [3.63, 3.8) is 0 Å². The predicted octanol–water partition coefficient (Wildman–Crippen LogP) is 2.78. The van der Waals surface area contributed by atoms with Gasteiger partial charge >= 0.3 is 6.61 Å². The van der Waals surface area contributed by atoms with E-state index in [0.29, 0.717) is 17.9 Å². The van der Waals surface area contributed by atoms with Crippen LogP contribution in [-0.2, 0) is 13.6 Å². The lowest BCUT2D eigenvalue weighted by Crippen LogP contribution is -2.22. The molecule has 6 nitrogen and oxygen atoms in total. The van der Waals surface area contributed by atoms with Gasteiger partial charge in [-0.2, -0.15) is 8.78 Å². The SMILES string of the molecule is CCCOc1ccc(CNc2nccn(C)c2=O)c(OC(F)F)c1. The third-order valence-corrected chi connectivity index (χ3v) is 3.19. The normalized spacial score (nSPS) is 10.7. The Labute approximate surface area is 138 Å². The van der Waals surface area contributed by atoms with Crippen LogP contribution < -0.4 is 20.3 Å². The van der Waals surface area contributed by atoms with Gasteiger partial charge in [0, 0.05) is 37.6 Å². The zero-order valence-electron chi connectivity index (χ0n) is 13.5. The van der Waals surface area contributed by atoms with E-state index in [1.54, 1.807) is 19.2 Å². The zero-order chi connectivity index (χ0) is 17.5. The fourth-order valence-electron chi connectivity index (χ4n) is 1.99. The topological polar surface area (TPSA) is 65.4 Å². The highest BCUT2D eigenvalue weighted by Gasteiger charge is 2.12. The first-order chi connectivity index (χ1) is 11.5. The van der Waals surface area contributed by atoms with Gasteiger partial charge in [-0.25, -0.2) is 4.98 Å². The van der Waals surface area contributed by atoms with Crippen LogP contribution in [0.25, 0.3) is 0 Å². The Kier molecular flexibility index (Phi) is 6.11. The molecule has 0 aliphatic heterocycles. The number of hydrogen-bond donors (Lipinski definition) is 1. The molecule has 0 amide bonds. The molecule has 0 unspecified atom stereocenters. The van der Waals surface area contributed by atoms with E-state index in [-0.39, 0.29) is 23.7 Å². The zero-order valence-corrected chi connectivity index (χ0v) is 13.5. The summed E-state index contributed by atoms with van der Waals surface area (Å²) >= 11 is 0. The molecule has 0 aliphatic rings. The van der Waals surface area contributed by atoms with Gasteiger partial charge in [-0.1, -0.05) is 6.92 Å². The van der Waals surface area contributed by atoms with Crippen LogP contribution in [0, 0.1) is 0 Å². The van der Waals surface area contributed by atoms with Crippen LogP contribution in [0.15, 0.2) is 35.4 Å². The summed E-state index contributed by atoms with van der Waals surface area (Å²) in [5.74, 6) is 0.582. The van der Waals surface area contributed by atoms with Crippen molar-refractivity contribution in [2.24, 2.45) is 7.05 Å². The summed E-state index contributed by atoms with van der Waals surface area (Å²) in [5.41, 5.74) is 0.156. The number of aromatic nitrogens is 2. The summed E-state index contributed by atoms with van der Waals surface area (Å²) in [7, 11) is 1.60. The van der Waals surface area contributed by atoms with Crippen LogP contribution in [0.2, 0.25) is 0 Å². The second-order valence-corrected chi connectivity index (χ2v) is 5.04. The summed E-state index contributed by atoms with van der Waals surface area (Å²) in [6.45, 7) is -0.409. The Hall–Kier alpha value is -2.64. The molecule has 1 heterocycles. The lowest BCUT2D eigenvalue weighted by atomic mass is 10.2. The molecule has 0 spiro atoms. The minimum atomic E-state index is -2.95. The number of ether oxygens (including phenoxy) is 2. The first-order valence-corrected chi connectivity index (χ1v) is 7.47.